The molecule has 0 aliphatic carbocycles. The number of aliphatic hydroxyl groups excluding tert-OH is 1. The topological polar surface area (TPSA) is 213 Å². The van der Waals surface area contributed by atoms with Gasteiger partial charge in [0.1, 0.15) is 17.9 Å². The summed E-state index contributed by atoms with van der Waals surface area (Å²) in [5, 5.41) is 27.9. The van der Waals surface area contributed by atoms with Crippen LogP contribution in [-0.4, -0.2) is 86.7 Å². The largest absolute Gasteiger partial charge is 0.465 e. The highest BCUT2D eigenvalue weighted by Gasteiger charge is 2.44. The number of carbonyl (C=O) groups is 5. The van der Waals surface area contributed by atoms with Crippen molar-refractivity contribution in [2.75, 3.05) is 6.54 Å². The summed E-state index contributed by atoms with van der Waals surface area (Å²) in [4.78, 5) is 69.9. The van der Waals surface area contributed by atoms with Crippen LogP contribution in [0.4, 0.5) is 9.18 Å². The monoisotopic (exact) mass is 824 g/mol. The van der Waals surface area contributed by atoms with Crippen LogP contribution >= 0.6 is 11.3 Å². The number of nitrogens with one attached hydrogen (secondary N) is 3. The van der Waals surface area contributed by atoms with E-state index in [4.69, 9.17) is 15.6 Å². The molecule has 1 aromatic heterocycles. The van der Waals surface area contributed by atoms with E-state index in [9.17, 15) is 29.1 Å². The zero-order valence-electron chi connectivity index (χ0n) is 34.0. The summed E-state index contributed by atoms with van der Waals surface area (Å²) in [7, 11) is 0. The van der Waals surface area contributed by atoms with Crippen molar-refractivity contribution in [3.05, 3.63) is 76.2 Å². The summed E-state index contributed by atoms with van der Waals surface area (Å²) < 4.78 is 20.8. The number of aliphatic hydroxyl groups is 1. The quantitative estimate of drug-likeness (QED) is 0.0882. The van der Waals surface area contributed by atoms with E-state index >= 15 is 4.39 Å². The molecule has 0 spiro atoms. The lowest BCUT2D eigenvalue weighted by Crippen LogP contribution is -2.57. The van der Waals surface area contributed by atoms with E-state index in [-0.39, 0.29) is 56.7 Å². The van der Waals surface area contributed by atoms with Crippen molar-refractivity contribution in [3.8, 4) is 10.4 Å². The zero-order chi connectivity index (χ0) is 42.7. The molecule has 0 radical (unpaired) electrons. The van der Waals surface area contributed by atoms with Gasteiger partial charge in [-0.05, 0) is 80.2 Å². The van der Waals surface area contributed by atoms with E-state index in [1.54, 1.807) is 35.9 Å². The van der Waals surface area contributed by atoms with Crippen LogP contribution in [0.2, 0.25) is 0 Å². The lowest BCUT2D eigenvalue weighted by atomic mass is 9.85. The van der Waals surface area contributed by atoms with Gasteiger partial charge in [0.05, 0.1) is 47.0 Å². The fourth-order valence-electron chi connectivity index (χ4n) is 6.96. The molecule has 1 aliphatic rings. The van der Waals surface area contributed by atoms with Gasteiger partial charge in [0.2, 0.25) is 23.6 Å². The Morgan fingerprint density at radius 1 is 1.03 bits per heavy atom. The third-order valence-electron chi connectivity index (χ3n) is 10.4. The first kappa shape index (κ1) is 45.8. The van der Waals surface area contributed by atoms with Crippen molar-refractivity contribution in [2.45, 2.75) is 129 Å². The Hall–Kier alpha value is -4.93. The van der Waals surface area contributed by atoms with Crippen molar-refractivity contribution in [2.24, 2.45) is 11.1 Å². The molecule has 316 valence electrons. The summed E-state index contributed by atoms with van der Waals surface area (Å²) >= 11 is 1.56. The van der Waals surface area contributed by atoms with E-state index < -0.39 is 59.5 Å². The molecule has 7 N–H and O–H groups in total. The van der Waals surface area contributed by atoms with Gasteiger partial charge in [-0.3, -0.25) is 19.2 Å². The Morgan fingerprint density at radius 3 is 2.34 bits per heavy atom. The molecule has 2 aromatic carbocycles. The molecule has 0 saturated carbocycles. The van der Waals surface area contributed by atoms with Crippen LogP contribution in [0, 0.1) is 18.2 Å². The first-order valence-electron chi connectivity index (χ1n) is 19.6. The SMILES string of the molecule is Cc1ncsc1-c1ccc([C@H](C)NC(=O)[C@@H]2C[C@@H](O)CN2C(=O)[C@@H](NC(=O)CCCCc2ccc(CO[C@H](C)[C@H](CCC(N)=O)NC(=O)O)cc2F)C(C)(C)C)cc1. The standard InChI is InChI=1S/C42H57FN6O8S/c1-24(28-13-15-30(16-14-28)37-25(2)45-23-58-37)46-39(53)34-20-31(50)21-49(34)40(54)38(42(4,5)6)48-36(52)10-8-7-9-29-12-11-27(19-32(29)43)22-57-26(3)33(47-41(55)56)17-18-35(44)51/h11-16,19,23-24,26,31,33-34,38,47,50H,7-10,17-18,20-22H2,1-6H3,(H2,44,51)(H,46,53)(H,48,52)(H,55,56)/t24-,26+,31+,33-,34-,38+/m0/s1. The minimum absolute atomic E-state index is 0.0185. The van der Waals surface area contributed by atoms with E-state index in [2.05, 4.69) is 20.9 Å². The number of carboxylic acid groups (broad SMARTS) is 1. The number of thiazole rings is 1. The van der Waals surface area contributed by atoms with Crippen LogP contribution in [0.15, 0.2) is 48.0 Å². The van der Waals surface area contributed by atoms with Crippen LogP contribution in [0.3, 0.4) is 0 Å². The van der Waals surface area contributed by atoms with E-state index in [0.29, 0.717) is 30.4 Å². The molecule has 0 bridgehead atoms. The second kappa shape index (κ2) is 20.7. The Kier molecular flexibility index (Phi) is 16.3. The molecule has 2 heterocycles. The number of β-amino-alcohol motifs (C(OH)–C–C–N with tert-alkyl or cyclic N) is 1. The molecule has 16 heteroatoms. The maximum absolute atomic E-state index is 15.0. The Morgan fingerprint density at radius 2 is 1.74 bits per heavy atom. The third-order valence-corrected chi connectivity index (χ3v) is 11.3. The first-order chi connectivity index (χ1) is 27.3. The van der Waals surface area contributed by atoms with Gasteiger partial charge >= 0.3 is 6.09 Å². The fraction of sp³-hybridized carbons (Fsp3) is 0.524. The number of nitrogens with zero attached hydrogens (tertiary/aromatic N) is 2. The average Bonchev–Trinajstić information content (AvgIpc) is 3.77. The maximum Gasteiger partial charge on any atom is 0.404 e. The summed E-state index contributed by atoms with van der Waals surface area (Å²) in [6.45, 7) is 10.9. The second-order valence-corrected chi connectivity index (χ2v) is 16.9. The molecule has 4 rings (SSSR count). The summed E-state index contributed by atoms with van der Waals surface area (Å²) in [6, 6.07) is 9.65. The van der Waals surface area contributed by atoms with Gasteiger partial charge in [0.25, 0.3) is 0 Å². The van der Waals surface area contributed by atoms with Gasteiger partial charge in [0.15, 0.2) is 0 Å². The number of benzene rings is 2. The van der Waals surface area contributed by atoms with Crippen LogP contribution in [0.25, 0.3) is 10.4 Å². The number of ether oxygens (including phenoxy) is 1. The molecule has 3 aromatic rings. The normalized spacial score (nSPS) is 17.6. The highest BCUT2D eigenvalue weighted by Crippen LogP contribution is 2.30. The molecule has 1 aliphatic heterocycles. The van der Waals surface area contributed by atoms with Gasteiger partial charge in [-0.1, -0.05) is 57.2 Å². The van der Waals surface area contributed by atoms with E-state index in [0.717, 1.165) is 21.7 Å². The second-order valence-electron chi connectivity index (χ2n) is 16.1. The van der Waals surface area contributed by atoms with Gasteiger partial charge in [-0.2, -0.15) is 0 Å². The van der Waals surface area contributed by atoms with Crippen molar-refractivity contribution in [1.82, 2.24) is 25.8 Å². The molecule has 6 atom stereocenters. The smallest absolute Gasteiger partial charge is 0.404 e. The Labute approximate surface area is 343 Å². The van der Waals surface area contributed by atoms with Crippen molar-refractivity contribution >= 4 is 41.1 Å². The molecule has 1 saturated heterocycles. The van der Waals surface area contributed by atoms with Crippen molar-refractivity contribution in [3.63, 3.8) is 0 Å². The van der Waals surface area contributed by atoms with Crippen molar-refractivity contribution < 1.29 is 43.3 Å². The number of amides is 5. The average molecular weight is 825 g/mol. The number of rotatable bonds is 19. The number of carbonyl (C=O) groups excluding carboxylic acids is 4. The molecular weight excluding hydrogens is 768 g/mol. The number of hydrogen-bond acceptors (Lipinski definition) is 9. The minimum Gasteiger partial charge on any atom is -0.465 e. The van der Waals surface area contributed by atoms with Gasteiger partial charge < -0.3 is 41.5 Å². The van der Waals surface area contributed by atoms with E-state index in [1.807, 2.05) is 58.9 Å². The number of nitrogens with two attached hydrogens (primary N) is 1. The lowest BCUT2D eigenvalue weighted by molar-refractivity contribution is -0.144. The van der Waals surface area contributed by atoms with Gasteiger partial charge in [-0.25, -0.2) is 14.2 Å². The summed E-state index contributed by atoms with van der Waals surface area (Å²) in [6.07, 6.45) is -1.15. The van der Waals surface area contributed by atoms with Crippen LogP contribution < -0.4 is 21.7 Å². The lowest BCUT2D eigenvalue weighted by Gasteiger charge is -2.35. The molecule has 0 unspecified atom stereocenters. The van der Waals surface area contributed by atoms with Crippen LogP contribution in [0.5, 0.6) is 0 Å². The summed E-state index contributed by atoms with van der Waals surface area (Å²) in [5.74, 6) is -2.19. The van der Waals surface area contributed by atoms with Crippen LogP contribution in [0.1, 0.15) is 102 Å². The van der Waals surface area contributed by atoms with E-state index in [1.165, 1.54) is 11.0 Å². The number of aryl methyl sites for hydroxylation is 2. The van der Waals surface area contributed by atoms with Crippen LogP contribution in [-0.2, 0) is 36.9 Å². The minimum atomic E-state index is -1.26. The predicted molar refractivity (Wildman–Crippen MR) is 218 cm³/mol. The van der Waals surface area contributed by atoms with Gasteiger partial charge in [0, 0.05) is 25.8 Å². The molecule has 58 heavy (non-hydrogen) atoms. The number of aromatic nitrogens is 1. The number of hydrogen-bond donors (Lipinski definition) is 6. The highest BCUT2D eigenvalue weighted by molar-refractivity contribution is 7.13. The predicted octanol–water partition coefficient (Wildman–Crippen LogP) is 5.15. The highest BCUT2D eigenvalue weighted by atomic mass is 32.1. The van der Waals surface area contributed by atoms with Gasteiger partial charge in [-0.15, -0.1) is 11.3 Å². The zero-order valence-corrected chi connectivity index (χ0v) is 34.9. The Bertz CT molecular complexity index is 1900. The molecular formula is C42H57FN6O8S. The molecule has 14 nitrogen and oxygen atoms in total. The molecule has 1 fully saturated rings. The number of primary amides is 1. The van der Waals surface area contributed by atoms with Crippen molar-refractivity contribution in [1.29, 1.82) is 0 Å². The number of halogens is 1. The maximum atomic E-state index is 15.0. The molecule has 5 amide bonds. The fourth-order valence-corrected chi connectivity index (χ4v) is 7.77. The Balaban J connectivity index is 1.27. The first-order valence-corrected chi connectivity index (χ1v) is 20.5. The number of likely N-dealkylation sites (tertiary alicyclic amines) is 1. The third kappa shape index (κ3) is 13.0. The number of unbranched alkanes of at least 4 members (excludes halogenated alkanes) is 1. The summed E-state index contributed by atoms with van der Waals surface area (Å²) in [5.41, 5.74) is 10.2.